The summed E-state index contributed by atoms with van der Waals surface area (Å²) in [5, 5.41) is 0.556. The zero-order chi connectivity index (χ0) is 14.8. The Balaban J connectivity index is 2.40. The molecule has 4 heteroatoms. The van der Waals surface area contributed by atoms with Crippen molar-refractivity contribution in [2.75, 3.05) is 6.61 Å². The molecule has 108 valence electrons. The minimum atomic E-state index is -0.419. The lowest BCUT2D eigenvalue weighted by atomic mass is 9.75. The van der Waals surface area contributed by atoms with E-state index < -0.39 is 5.41 Å². The molecule has 0 fully saturated rings. The molecule has 2 rings (SSSR count). The molecule has 1 aliphatic carbocycles. The number of carbonyl (C=O) groups is 2. The summed E-state index contributed by atoms with van der Waals surface area (Å²) in [4.78, 5) is 24.1. The molecule has 3 nitrogen and oxygen atoms in total. The van der Waals surface area contributed by atoms with E-state index in [0.717, 1.165) is 18.4 Å². The Morgan fingerprint density at radius 2 is 2.15 bits per heavy atom. The van der Waals surface area contributed by atoms with Gasteiger partial charge in [-0.25, -0.2) is 0 Å². The van der Waals surface area contributed by atoms with Gasteiger partial charge in [-0.3, -0.25) is 9.59 Å². The third kappa shape index (κ3) is 2.73. The quantitative estimate of drug-likeness (QED) is 0.773. The highest BCUT2D eigenvalue weighted by Crippen LogP contribution is 2.45. The predicted octanol–water partition coefficient (Wildman–Crippen LogP) is 3.92. The number of hydrogen-bond acceptors (Lipinski definition) is 3. The highest BCUT2D eigenvalue weighted by atomic mass is 35.5. The van der Waals surface area contributed by atoms with Crippen molar-refractivity contribution < 1.29 is 14.3 Å². The minimum Gasteiger partial charge on any atom is -0.466 e. The van der Waals surface area contributed by atoms with Crippen molar-refractivity contribution in [3.05, 3.63) is 34.3 Å². The maximum atomic E-state index is 12.2. The predicted molar refractivity (Wildman–Crippen MR) is 78.2 cm³/mol. The Bertz CT molecular complexity index is 539. The van der Waals surface area contributed by atoms with Crippen LogP contribution in [0.5, 0.6) is 0 Å². The maximum absolute atomic E-state index is 12.2. The van der Waals surface area contributed by atoms with E-state index in [9.17, 15) is 9.59 Å². The van der Waals surface area contributed by atoms with E-state index in [1.165, 1.54) is 0 Å². The molecule has 1 aromatic rings. The Labute approximate surface area is 124 Å². The average molecular weight is 295 g/mol. The number of esters is 1. The van der Waals surface area contributed by atoms with Gasteiger partial charge in [0.1, 0.15) is 0 Å². The van der Waals surface area contributed by atoms with Crippen molar-refractivity contribution in [2.24, 2.45) is 0 Å². The van der Waals surface area contributed by atoms with Crippen molar-refractivity contribution in [3.63, 3.8) is 0 Å². The van der Waals surface area contributed by atoms with Gasteiger partial charge >= 0.3 is 5.97 Å². The summed E-state index contributed by atoms with van der Waals surface area (Å²) in [6.45, 7) is 4.21. The van der Waals surface area contributed by atoms with Crippen molar-refractivity contribution in [2.45, 2.75) is 44.9 Å². The molecule has 0 bridgehead atoms. The number of ether oxygens (including phenoxy) is 1. The van der Waals surface area contributed by atoms with Crippen molar-refractivity contribution in [3.8, 4) is 0 Å². The number of Topliss-reactive ketones (excluding diaryl/α,β-unsaturated/α-hetero) is 1. The van der Waals surface area contributed by atoms with Crippen molar-refractivity contribution in [1.29, 1.82) is 0 Å². The van der Waals surface area contributed by atoms with E-state index >= 15 is 0 Å². The topological polar surface area (TPSA) is 43.4 Å². The lowest BCUT2D eigenvalue weighted by Gasteiger charge is -2.28. The third-order valence-corrected chi connectivity index (χ3v) is 4.10. The molecule has 0 amide bonds. The molecule has 20 heavy (non-hydrogen) atoms. The number of ketones is 1. The largest absolute Gasteiger partial charge is 0.466 e. The van der Waals surface area contributed by atoms with Gasteiger partial charge in [0.05, 0.1) is 13.0 Å². The summed E-state index contributed by atoms with van der Waals surface area (Å²) in [5.41, 5.74) is 1.19. The summed E-state index contributed by atoms with van der Waals surface area (Å²) in [5.74, 6) is -0.170. The van der Waals surface area contributed by atoms with Crippen LogP contribution in [-0.4, -0.2) is 18.4 Å². The van der Waals surface area contributed by atoms with Gasteiger partial charge in [0, 0.05) is 22.4 Å². The average Bonchev–Trinajstić information content (AvgIpc) is 2.63. The second-order valence-electron chi connectivity index (χ2n) is 5.30. The fourth-order valence-electron chi connectivity index (χ4n) is 3.14. The molecule has 1 aliphatic rings. The number of halogens is 1. The third-order valence-electron chi connectivity index (χ3n) is 3.87. The van der Waals surface area contributed by atoms with Gasteiger partial charge in [-0.05, 0) is 31.0 Å². The van der Waals surface area contributed by atoms with Crippen LogP contribution in [0, 0.1) is 0 Å². The molecule has 0 saturated carbocycles. The van der Waals surface area contributed by atoms with Crippen LogP contribution in [0.1, 0.15) is 55.5 Å². The van der Waals surface area contributed by atoms with Gasteiger partial charge in [-0.1, -0.05) is 31.0 Å². The van der Waals surface area contributed by atoms with Crippen LogP contribution >= 0.6 is 11.6 Å². The highest BCUT2D eigenvalue weighted by molar-refractivity contribution is 6.31. The van der Waals surface area contributed by atoms with Crippen LogP contribution in [0.3, 0.4) is 0 Å². The Morgan fingerprint density at radius 3 is 2.80 bits per heavy atom. The number of carbonyl (C=O) groups excluding carboxylic acids is 2. The Morgan fingerprint density at radius 1 is 1.40 bits per heavy atom. The molecule has 1 unspecified atom stereocenters. The van der Waals surface area contributed by atoms with Gasteiger partial charge < -0.3 is 4.74 Å². The summed E-state index contributed by atoms with van der Waals surface area (Å²) < 4.78 is 5.07. The van der Waals surface area contributed by atoms with Crippen molar-refractivity contribution in [1.82, 2.24) is 0 Å². The maximum Gasteiger partial charge on any atom is 0.306 e. The van der Waals surface area contributed by atoms with Crippen LogP contribution in [0.25, 0.3) is 0 Å². The van der Waals surface area contributed by atoms with E-state index in [-0.39, 0.29) is 18.2 Å². The summed E-state index contributed by atoms with van der Waals surface area (Å²) in [7, 11) is 0. The second-order valence-corrected chi connectivity index (χ2v) is 5.74. The fraction of sp³-hybridized carbons (Fsp3) is 0.500. The standard InChI is InChI=1S/C16H19ClO3/c1-3-7-16(10-15(19)20-4-2)9-14(18)12-8-11(17)5-6-13(12)16/h5-6,8H,3-4,7,9-10H2,1-2H3. The zero-order valence-electron chi connectivity index (χ0n) is 11.9. The van der Waals surface area contributed by atoms with E-state index in [2.05, 4.69) is 6.92 Å². The molecule has 0 N–H and O–H groups in total. The lowest BCUT2D eigenvalue weighted by molar-refractivity contribution is -0.144. The lowest BCUT2D eigenvalue weighted by Crippen LogP contribution is -2.28. The molecule has 0 aliphatic heterocycles. The van der Waals surface area contributed by atoms with E-state index in [4.69, 9.17) is 16.3 Å². The van der Waals surface area contributed by atoms with Crippen LogP contribution in [0.2, 0.25) is 5.02 Å². The molecule has 0 heterocycles. The second kappa shape index (κ2) is 5.96. The first-order valence-electron chi connectivity index (χ1n) is 7.01. The number of fused-ring (bicyclic) bond motifs is 1. The molecule has 0 radical (unpaired) electrons. The SMILES string of the molecule is CCCC1(CC(=O)OCC)CC(=O)c2cc(Cl)ccc21. The Kier molecular flexibility index (Phi) is 4.48. The van der Waals surface area contributed by atoms with Gasteiger partial charge in [0.2, 0.25) is 0 Å². The zero-order valence-corrected chi connectivity index (χ0v) is 12.6. The molecule has 1 atom stereocenters. The Hall–Kier alpha value is -1.35. The number of benzene rings is 1. The molecule has 0 aromatic heterocycles. The van der Waals surface area contributed by atoms with Crippen LogP contribution < -0.4 is 0 Å². The summed E-state index contributed by atoms with van der Waals surface area (Å²) in [6, 6.07) is 5.38. The smallest absolute Gasteiger partial charge is 0.306 e. The normalized spacial score (nSPS) is 20.9. The van der Waals surface area contributed by atoms with Crippen LogP contribution in [0.15, 0.2) is 18.2 Å². The number of hydrogen-bond donors (Lipinski definition) is 0. The van der Waals surface area contributed by atoms with Gasteiger partial charge in [-0.15, -0.1) is 0 Å². The van der Waals surface area contributed by atoms with Gasteiger partial charge in [-0.2, -0.15) is 0 Å². The minimum absolute atomic E-state index is 0.0697. The monoisotopic (exact) mass is 294 g/mol. The summed E-state index contributed by atoms with van der Waals surface area (Å²) in [6.07, 6.45) is 2.34. The van der Waals surface area contributed by atoms with E-state index in [1.807, 2.05) is 6.07 Å². The summed E-state index contributed by atoms with van der Waals surface area (Å²) >= 11 is 5.97. The van der Waals surface area contributed by atoms with E-state index in [0.29, 0.717) is 23.6 Å². The first-order valence-corrected chi connectivity index (χ1v) is 7.39. The molecular weight excluding hydrogens is 276 g/mol. The van der Waals surface area contributed by atoms with Gasteiger partial charge in [0.25, 0.3) is 0 Å². The molecule has 0 spiro atoms. The van der Waals surface area contributed by atoms with Gasteiger partial charge in [0.15, 0.2) is 5.78 Å². The highest BCUT2D eigenvalue weighted by Gasteiger charge is 2.44. The van der Waals surface area contributed by atoms with E-state index in [1.54, 1.807) is 19.1 Å². The molecule has 1 aromatic carbocycles. The first kappa shape index (κ1) is 15.0. The molecule has 0 saturated heterocycles. The fourth-order valence-corrected chi connectivity index (χ4v) is 3.32. The van der Waals surface area contributed by atoms with Crippen LogP contribution in [-0.2, 0) is 14.9 Å². The van der Waals surface area contributed by atoms with Crippen molar-refractivity contribution >= 4 is 23.4 Å². The number of rotatable bonds is 5. The van der Waals surface area contributed by atoms with Crippen LogP contribution in [0.4, 0.5) is 0 Å². The molecular formula is C16H19ClO3. The first-order chi connectivity index (χ1) is 9.52.